The Morgan fingerprint density at radius 1 is 1.14 bits per heavy atom. The minimum absolute atomic E-state index is 0.231. The van der Waals surface area contributed by atoms with Gasteiger partial charge >= 0.3 is 0 Å². The van der Waals surface area contributed by atoms with Crippen LogP contribution in [0.2, 0.25) is 0 Å². The van der Waals surface area contributed by atoms with Gasteiger partial charge in [0.25, 0.3) is 0 Å². The van der Waals surface area contributed by atoms with Gasteiger partial charge in [0.1, 0.15) is 29.9 Å². The first-order valence-electron chi connectivity index (χ1n) is 6.82. The second-order valence-corrected chi connectivity index (χ2v) is 4.68. The quantitative estimate of drug-likeness (QED) is 0.695. The summed E-state index contributed by atoms with van der Waals surface area (Å²) in [7, 11) is 0. The molecule has 0 aliphatic carbocycles. The molecule has 0 saturated carbocycles. The Hall–Kier alpha value is -2.96. The van der Waals surface area contributed by atoms with Gasteiger partial charge in [0.05, 0.1) is 6.54 Å². The van der Waals surface area contributed by atoms with Gasteiger partial charge < -0.3 is 15.2 Å². The van der Waals surface area contributed by atoms with E-state index in [0.717, 1.165) is 11.3 Å². The summed E-state index contributed by atoms with van der Waals surface area (Å²) >= 11 is 0. The first-order chi connectivity index (χ1) is 10.7. The number of nitrogens with zero attached hydrogens (tertiary/aromatic N) is 4. The molecule has 0 saturated heterocycles. The summed E-state index contributed by atoms with van der Waals surface area (Å²) in [6.45, 7) is 2.90. The van der Waals surface area contributed by atoms with Crippen molar-refractivity contribution in [3.63, 3.8) is 0 Å². The minimum atomic E-state index is 0.231. The summed E-state index contributed by atoms with van der Waals surface area (Å²) in [6, 6.07) is 5.01. The van der Waals surface area contributed by atoms with Crippen LogP contribution in [0.4, 0.5) is 5.82 Å². The number of phenols is 1. The number of anilines is 1. The second kappa shape index (κ2) is 6.21. The fraction of sp³-hybridized carbons (Fsp3) is 0.200. The predicted octanol–water partition coefficient (Wildman–Crippen LogP) is 1.92. The molecule has 7 heteroatoms. The second-order valence-electron chi connectivity index (χ2n) is 4.68. The molecule has 0 atom stereocenters. The minimum Gasteiger partial charge on any atom is -0.508 e. The van der Waals surface area contributed by atoms with E-state index in [1.165, 1.54) is 6.33 Å². The lowest BCUT2D eigenvalue weighted by molar-refractivity contribution is 0.329. The van der Waals surface area contributed by atoms with E-state index in [9.17, 15) is 5.11 Å². The molecule has 3 rings (SSSR count). The van der Waals surface area contributed by atoms with Gasteiger partial charge in [-0.15, -0.1) is 0 Å². The topological polar surface area (TPSA) is 93.1 Å². The molecule has 0 fully saturated rings. The van der Waals surface area contributed by atoms with Crippen LogP contribution in [0.15, 0.2) is 36.9 Å². The zero-order chi connectivity index (χ0) is 15.4. The van der Waals surface area contributed by atoms with E-state index in [2.05, 4.69) is 25.3 Å². The summed E-state index contributed by atoms with van der Waals surface area (Å²) in [5.74, 6) is 1.60. The lowest BCUT2D eigenvalue weighted by Gasteiger charge is -2.10. The van der Waals surface area contributed by atoms with Crippen molar-refractivity contribution >= 4 is 17.0 Å². The van der Waals surface area contributed by atoms with Crippen molar-refractivity contribution in [2.24, 2.45) is 0 Å². The SMILES string of the molecule is Cc1cc(O)ccc1OCCNc1ncnc2nccnc12. The lowest BCUT2D eigenvalue weighted by atomic mass is 10.2. The van der Waals surface area contributed by atoms with Crippen LogP contribution in [0.5, 0.6) is 11.5 Å². The number of rotatable bonds is 5. The van der Waals surface area contributed by atoms with Gasteiger partial charge in [0, 0.05) is 12.4 Å². The zero-order valence-electron chi connectivity index (χ0n) is 12.0. The van der Waals surface area contributed by atoms with Crippen molar-refractivity contribution in [2.45, 2.75) is 6.92 Å². The third kappa shape index (κ3) is 3.03. The largest absolute Gasteiger partial charge is 0.508 e. The Kier molecular flexibility index (Phi) is 3.95. The number of hydrogen-bond acceptors (Lipinski definition) is 7. The van der Waals surface area contributed by atoms with Crippen molar-refractivity contribution in [3.8, 4) is 11.5 Å². The van der Waals surface area contributed by atoms with Crippen molar-refractivity contribution in [1.82, 2.24) is 19.9 Å². The highest BCUT2D eigenvalue weighted by atomic mass is 16.5. The molecule has 0 amide bonds. The number of hydrogen-bond donors (Lipinski definition) is 2. The fourth-order valence-corrected chi connectivity index (χ4v) is 2.05. The monoisotopic (exact) mass is 297 g/mol. The molecule has 0 aliphatic rings. The van der Waals surface area contributed by atoms with Gasteiger partial charge in [-0.1, -0.05) is 0 Å². The highest BCUT2D eigenvalue weighted by molar-refractivity contribution is 5.81. The molecule has 2 N–H and O–H groups in total. The van der Waals surface area contributed by atoms with Crippen LogP contribution in [-0.4, -0.2) is 38.2 Å². The molecule has 2 heterocycles. The van der Waals surface area contributed by atoms with Crippen molar-refractivity contribution in [2.75, 3.05) is 18.5 Å². The summed E-state index contributed by atoms with van der Waals surface area (Å²) in [5, 5.41) is 12.5. The smallest absolute Gasteiger partial charge is 0.183 e. The van der Waals surface area contributed by atoms with Crippen molar-refractivity contribution < 1.29 is 9.84 Å². The molecule has 0 aliphatic heterocycles. The molecule has 1 aromatic carbocycles. The van der Waals surface area contributed by atoms with Gasteiger partial charge in [0.15, 0.2) is 11.5 Å². The summed E-state index contributed by atoms with van der Waals surface area (Å²) in [5.41, 5.74) is 2.07. The van der Waals surface area contributed by atoms with Crippen LogP contribution in [-0.2, 0) is 0 Å². The Bertz CT molecular complexity index is 788. The van der Waals surface area contributed by atoms with Crippen LogP contribution in [0.1, 0.15) is 5.56 Å². The maximum Gasteiger partial charge on any atom is 0.183 e. The first-order valence-corrected chi connectivity index (χ1v) is 6.82. The first kappa shape index (κ1) is 14.0. The van der Waals surface area contributed by atoms with E-state index >= 15 is 0 Å². The van der Waals surface area contributed by atoms with Crippen molar-refractivity contribution in [3.05, 3.63) is 42.5 Å². The Morgan fingerprint density at radius 3 is 2.86 bits per heavy atom. The Balaban J connectivity index is 1.61. The van der Waals surface area contributed by atoms with E-state index in [0.29, 0.717) is 30.1 Å². The van der Waals surface area contributed by atoms with Crippen LogP contribution < -0.4 is 10.1 Å². The molecule has 2 aromatic heterocycles. The third-order valence-corrected chi connectivity index (χ3v) is 3.08. The molecule has 0 spiro atoms. The van der Waals surface area contributed by atoms with Gasteiger partial charge in [-0.2, -0.15) is 0 Å². The Labute approximate surface area is 127 Å². The highest BCUT2D eigenvalue weighted by Gasteiger charge is 2.05. The van der Waals surface area contributed by atoms with Gasteiger partial charge in [0.2, 0.25) is 0 Å². The molecule has 3 aromatic rings. The van der Waals surface area contributed by atoms with Crippen LogP contribution in [0.25, 0.3) is 11.2 Å². The van der Waals surface area contributed by atoms with Gasteiger partial charge in [-0.05, 0) is 30.7 Å². The number of benzene rings is 1. The Morgan fingerprint density at radius 2 is 2.00 bits per heavy atom. The maximum atomic E-state index is 9.36. The van der Waals surface area contributed by atoms with Crippen LogP contribution in [0.3, 0.4) is 0 Å². The molecular weight excluding hydrogens is 282 g/mol. The molecule has 0 bridgehead atoms. The molecule has 7 nitrogen and oxygen atoms in total. The molecule has 112 valence electrons. The zero-order valence-corrected chi connectivity index (χ0v) is 12.0. The lowest BCUT2D eigenvalue weighted by Crippen LogP contribution is -2.13. The number of ether oxygens (including phenoxy) is 1. The van der Waals surface area contributed by atoms with Crippen LogP contribution in [0, 0.1) is 6.92 Å². The van der Waals surface area contributed by atoms with Crippen LogP contribution >= 0.6 is 0 Å². The average Bonchev–Trinajstić information content (AvgIpc) is 2.53. The summed E-state index contributed by atoms with van der Waals surface area (Å²) in [4.78, 5) is 16.6. The van der Waals surface area contributed by atoms with E-state index in [-0.39, 0.29) is 5.75 Å². The molecular formula is C15H15N5O2. The maximum absolute atomic E-state index is 9.36. The number of phenolic OH excluding ortho intramolecular Hbond substituents is 1. The van der Waals surface area contributed by atoms with E-state index in [1.54, 1.807) is 30.6 Å². The van der Waals surface area contributed by atoms with Crippen molar-refractivity contribution in [1.29, 1.82) is 0 Å². The molecule has 22 heavy (non-hydrogen) atoms. The highest BCUT2D eigenvalue weighted by Crippen LogP contribution is 2.22. The predicted molar refractivity (Wildman–Crippen MR) is 82.0 cm³/mol. The summed E-state index contributed by atoms with van der Waals surface area (Å²) in [6.07, 6.45) is 4.65. The average molecular weight is 297 g/mol. The fourth-order valence-electron chi connectivity index (χ4n) is 2.05. The number of aromatic nitrogens is 4. The number of nitrogens with one attached hydrogen (secondary N) is 1. The normalized spacial score (nSPS) is 10.6. The standard InChI is InChI=1S/C15H15N5O2/c1-10-8-11(21)2-3-12(10)22-7-6-18-15-13-14(19-9-20-15)17-5-4-16-13/h2-5,8-9,21H,6-7H2,1H3,(H,17,18,19,20). The van der Waals surface area contributed by atoms with E-state index in [1.807, 2.05) is 6.92 Å². The summed E-state index contributed by atoms with van der Waals surface area (Å²) < 4.78 is 5.67. The van der Waals surface area contributed by atoms with E-state index < -0.39 is 0 Å². The van der Waals surface area contributed by atoms with E-state index in [4.69, 9.17) is 4.74 Å². The van der Waals surface area contributed by atoms with Gasteiger partial charge in [-0.3, -0.25) is 0 Å². The molecule has 0 radical (unpaired) electrons. The number of aryl methyl sites for hydroxylation is 1. The number of fused-ring (bicyclic) bond motifs is 1. The number of aromatic hydroxyl groups is 1. The van der Waals surface area contributed by atoms with Gasteiger partial charge in [-0.25, -0.2) is 19.9 Å². The molecule has 0 unspecified atom stereocenters. The third-order valence-electron chi connectivity index (χ3n) is 3.08.